The first-order valence-electron chi connectivity index (χ1n) is 6.86. The van der Waals surface area contributed by atoms with Crippen molar-refractivity contribution in [1.29, 1.82) is 0 Å². The molecule has 3 rings (SSSR count). The molecule has 1 amide bonds. The van der Waals surface area contributed by atoms with Crippen LogP contribution in [-0.4, -0.2) is 10.9 Å². The van der Waals surface area contributed by atoms with Crippen LogP contribution in [0, 0.1) is 5.82 Å². The second-order valence-electron chi connectivity index (χ2n) is 4.81. The highest BCUT2D eigenvalue weighted by Gasteiger charge is 2.18. The molecule has 0 atom stereocenters. The molecule has 0 aliphatic heterocycles. The van der Waals surface area contributed by atoms with Crippen LogP contribution in [0.5, 0.6) is 0 Å². The molecule has 0 radical (unpaired) electrons. The predicted molar refractivity (Wildman–Crippen MR) is 84.5 cm³/mol. The summed E-state index contributed by atoms with van der Waals surface area (Å²) in [5.41, 5.74) is 1.17. The minimum atomic E-state index is -0.447. The fourth-order valence-corrected chi connectivity index (χ4v) is 2.33. The van der Waals surface area contributed by atoms with E-state index in [0.29, 0.717) is 21.9 Å². The van der Waals surface area contributed by atoms with Crippen LogP contribution in [0.1, 0.15) is 16.1 Å². The highest BCUT2D eigenvalue weighted by Crippen LogP contribution is 2.25. The van der Waals surface area contributed by atoms with Crippen molar-refractivity contribution < 1.29 is 13.6 Å². The predicted octanol–water partition coefficient (Wildman–Crippen LogP) is 4.06. The fraction of sp³-hybridized carbons (Fsp3) is 0.0588. The number of amides is 1. The zero-order valence-electron chi connectivity index (χ0n) is 11.9. The van der Waals surface area contributed by atoms with E-state index in [1.807, 2.05) is 0 Å². The number of rotatable bonds is 4. The normalized spacial score (nSPS) is 10.5. The first-order valence-corrected chi connectivity index (χ1v) is 7.24. The van der Waals surface area contributed by atoms with Gasteiger partial charge in [-0.15, -0.1) is 0 Å². The maximum atomic E-state index is 13.6. The lowest BCUT2D eigenvalue weighted by molar-refractivity contribution is 0.0946. The van der Waals surface area contributed by atoms with Gasteiger partial charge in [-0.2, -0.15) is 0 Å². The summed E-state index contributed by atoms with van der Waals surface area (Å²) >= 11 is 5.95. The fourth-order valence-electron chi connectivity index (χ4n) is 2.14. The van der Waals surface area contributed by atoms with Crippen molar-refractivity contribution in [2.45, 2.75) is 6.54 Å². The summed E-state index contributed by atoms with van der Waals surface area (Å²) in [6.07, 6.45) is 1.19. The summed E-state index contributed by atoms with van der Waals surface area (Å²) < 4.78 is 18.9. The molecule has 1 heterocycles. The van der Waals surface area contributed by atoms with Crippen LogP contribution >= 0.6 is 11.6 Å². The molecule has 3 aromatic rings. The van der Waals surface area contributed by atoms with Crippen LogP contribution < -0.4 is 5.32 Å². The number of aromatic nitrogens is 1. The Bertz CT molecular complexity index is 848. The van der Waals surface area contributed by atoms with Crippen LogP contribution in [0.4, 0.5) is 4.39 Å². The standard InChI is InChI=1S/C17H12ClFN2O2/c18-13-6-3-5-11(8-13)16-15(21-10-23-16)17(22)20-9-12-4-1-2-7-14(12)19/h1-8,10H,9H2,(H,20,22). The summed E-state index contributed by atoms with van der Waals surface area (Å²) in [6, 6.07) is 13.2. The second kappa shape index (κ2) is 6.62. The molecule has 116 valence electrons. The zero-order chi connectivity index (χ0) is 16.2. The molecule has 23 heavy (non-hydrogen) atoms. The lowest BCUT2D eigenvalue weighted by atomic mass is 10.1. The minimum absolute atomic E-state index is 0.0628. The van der Waals surface area contributed by atoms with Gasteiger partial charge in [-0.1, -0.05) is 41.9 Å². The van der Waals surface area contributed by atoms with E-state index in [9.17, 15) is 9.18 Å². The average molecular weight is 331 g/mol. The van der Waals surface area contributed by atoms with Crippen LogP contribution in [0.15, 0.2) is 59.3 Å². The van der Waals surface area contributed by atoms with Crippen LogP contribution in [-0.2, 0) is 6.54 Å². The molecule has 0 bridgehead atoms. The van der Waals surface area contributed by atoms with E-state index in [2.05, 4.69) is 10.3 Å². The van der Waals surface area contributed by atoms with Gasteiger partial charge in [-0.25, -0.2) is 9.37 Å². The van der Waals surface area contributed by atoms with Crippen molar-refractivity contribution in [2.75, 3.05) is 0 Å². The van der Waals surface area contributed by atoms with Gasteiger partial charge in [0.1, 0.15) is 5.82 Å². The molecule has 0 saturated carbocycles. The largest absolute Gasteiger partial charge is 0.443 e. The summed E-state index contributed by atoms with van der Waals surface area (Å²) in [4.78, 5) is 16.2. The zero-order valence-corrected chi connectivity index (χ0v) is 12.7. The number of carbonyl (C=O) groups is 1. The summed E-state index contributed by atoms with van der Waals surface area (Å²) in [5, 5.41) is 3.16. The Hall–Kier alpha value is -2.66. The Balaban J connectivity index is 1.79. The number of hydrogen-bond acceptors (Lipinski definition) is 3. The molecule has 2 aromatic carbocycles. The third-order valence-corrected chi connectivity index (χ3v) is 3.50. The molecular weight excluding hydrogens is 319 g/mol. The number of nitrogens with zero attached hydrogens (tertiary/aromatic N) is 1. The van der Waals surface area contributed by atoms with Crippen LogP contribution in [0.3, 0.4) is 0 Å². The van der Waals surface area contributed by atoms with Gasteiger partial charge in [-0.05, 0) is 18.2 Å². The van der Waals surface area contributed by atoms with Crippen LogP contribution in [0.2, 0.25) is 5.02 Å². The van der Waals surface area contributed by atoms with E-state index < -0.39 is 5.91 Å². The van der Waals surface area contributed by atoms with Crippen molar-refractivity contribution >= 4 is 17.5 Å². The molecule has 4 nitrogen and oxygen atoms in total. The average Bonchev–Trinajstić information content (AvgIpc) is 3.03. The molecule has 0 unspecified atom stereocenters. The Morgan fingerprint density at radius 2 is 2.04 bits per heavy atom. The van der Waals surface area contributed by atoms with E-state index in [1.165, 1.54) is 12.5 Å². The lowest BCUT2D eigenvalue weighted by Crippen LogP contribution is -2.24. The second-order valence-corrected chi connectivity index (χ2v) is 5.25. The van der Waals surface area contributed by atoms with E-state index in [0.717, 1.165) is 0 Å². The van der Waals surface area contributed by atoms with Gasteiger partial charge >= 0.3 is 0 Å². The first-order chi connectivity index (χ1) is 11.1. The maximum Gasteiger partial charge on any atom is 0.274 e. The van der Waals surface area contributed by atoms with Crippen molar-refractivity contribution in [2.24, 2.45) is 0 Å². The van der Waals surface area contributed by atoms with Gasteiger partial charge in [0.25, 0.3) is 5.91 Å². The Morgan fingerprint density at radius 3 is 2.83 bits per heavy atom. The van der Waals surface area contributed by atoms with Gasteiger partial charge in [0.2, 0.25) is 0 Å². The number of nitrogens with one attached hydrogen (secondary N) is 1. The van der Waals surface area contributed by atoms with E-state index >= 15 is 0 Å². The molecule has 0 aliphatic rings. The number of hydrogen-bond donors (Lipinski definition) is 1. The smallest absolute Gasteiger partial charge is 0.274 e. The topological polar surface area (TPSA) is 55.1 Å². The molecule has 0 aliphatic carbocycles. The molecule has 0 saturated heterocycles. The van der Waals surface area contributed by atoms with Gasteiger partial charge in [0.05, 0.1) is 0 Å². The molecule has 6 heteroatoms. The van der Waals surface area contributed by atoms with Crippen molar-refractivity contribution in [3.8, 4) is 11.3 Å². The van der Waals surface area contributed by atoms with Crippen molar-refractivity contribution in [1.82, 2.24) is 10.3 Å². The summed E-state index contributed by atoms with van der Waals surface area (Å²) in [6.45, 7) is 0.0628. The van der Waals surface area contributed by atoms with Crippen molar-refractivity contribution in [3.63, 3.8) is 0 Å². The molecule has 0 spiro atoms. The first kappa shape index (κ1) is 15.2. The summed E-state index contributed by atoms with van der Waals surface area (Å²) in [7, 11) is 0. The van der Waals surface area contributed by atoms with Gasteiger partial charge < -0.3 is 9.73 Å². The third-order valence-electron chi connectivity index (χ3n) is 3.27. The number of halogens is 2. The van der Waals surface area contributed by atoms with Crippen molar-refractivity contribution in [3.05, 3.63) is 77.0 Å². The maximum absolute atomic E-state index is 13.6. The molecular formula is C17H12ClFN2O2. The lowest BCUT2D eigenvalue weighted by Gasteiger charge is -2.06. The molecule has 1 N–H and O–H groups in total. The highest BCUT2D eigenvalue weighted by atomic mass is 35.5. The van der Waals surface area contributed by atoms with Gasteiger partial charge in [0, 0.05) is 22.7 Å². The SMILES string of the molecule is O=C(NCc1ccccc1F)c1ncoc1-c1cccc(Cl)c1. The van der Waals surface area contributed by atoms with E-state index in [1.54, 1.807) is 42.5 Å². The number of carbonyl (C=O) groups excluding carboxylic acids is 1. The Morgan fingerprint density at radius 1 is 1.22 bits per heavy atom. The molecule has 0 fully saturated rings. The minimum Gasteiger partial charge on any atom is -0.443 e. The Labute approximate surface area is 136 Å². The Kier molecular flexibility index (Phi) is 4.39. The van der Waals surface area contributed by atoms with Gasteiger partial charge in [-0.3, -0.25) is 4.79 Å². The monoisotopic (exact) mass is 330 g/mol. The van der Waals surface area contributed by atoms with Crippen LogP contribution in [0.25, 0.3) is 11.3 Å². The number of oxazole rings is 1. The highest BCUT2D eigenvalue weighted by molar-refractivity contribution is 6.30. The number of benzene rings is 2. The summed E-state index contributed by atoms with van der Waals surface area (Å²) in [5.74, 6) is -0.501. The third kappa shape index (κ3) is 3.40. The quantitative estimate of drug-likeness (QED) is 0.784. The van der Waals surface area contributed by atoms with E-state index in [-0.39, 0.29) is 18.1 Å². The van der Waals surface area contributed by atoms with E-state index in [4.69, 9.17) is 16.0 Å². The van der Waals surface area contributed by atoms with Gasteiger partial charge in [0.15, 0.2) is 17.8 Å². The molecule has 1 aromatic heterocycles.